The fourth-order valence-electron chi connectivity index (χ4n) is 5.15. The maximum atomic E-state index is 13.9. The molecule has 4 rings (SSSR count). The Morgan fingerprint density at radius 1 is 1.24 bits per heavy atom. The maximum Gasteiger partial charge on any atom is 0.308 e. The van der Waals surface area contributed by atoms with Crippen LogP contribution in [-0.4, -0.2) is 60.6 Å². The van der Waals surface area contributed by atoms with Gasteiger partial charge >= 0.3 is 5.97 Å². The summed E-state index contributed by atoms with van der Waals surface area (Å²) in [5.41, 5.74) is 4.95. The Morgan fingerprint density at radius 3 is 2.84 bits per heavy atom. The molecule has 0 unspecified atom stereocenters. The standard InChI is InChI=1S/C28H33F2N3O4S/c1-36-20-5-8-25-22(16-20)21(9-11-31-25)26(32-37-2)7-3-18-10-12-33(17-23(18)28(34)35)13-14-38-27-15-19(29)4-6-24(27)30/h4-6,8-9,11,15-16,18,23,26,32H,3,7,10,12-14,17H2,1-2H3,(H,34,35)/t18-,23+,26-/m1/s1. The van der Waals surface area contributed by atoms with E-state index in [0.29, 0.717) is 31.7 Å². The molecule has 38 heavy (non-hydrogen) atoms. The number of halogens is 2. The number of likely N-dealkylation sites (tertiary alicyclic amines) is 1. The maximum absolute atomic E-state index is 13.9. The zero-order valence-corrected chi connectivity index (χ0v) is 22.3. The Labute approximate surface area is 225 Å². The molecule has 0 amide bonds. The van der Waals surface area contributed by atoms with Gasteiger partial charge < -0.3 is 19.6 Å². The molecule has 7 nitrogen and oxygen atoms in total. The number of hydrogen-bond donors (Lipinski definition) is 2. The summed E-state index contributed by atoms with van der Waals surface area (Å²) < 4.78 is 32.7. The van der Waals surface area contributed by atoms with Gasteiger partial charge in [0.1, 0.15) is 17.4 Å². The largest absolute Gasteiger partial charge is 0.497 e. The second-order valence-corrected chi connectivity index (χ2v) is 10.6. The lowest BCUT2D eigenvalue weighted by atomic mass is 9.81. The molecule has 2 aromatic carbocycles. The average Bonchev–Trinajstić information content (AvgIpc) is 2.92. The Morgan fingerprint density at radius 2 is 2.08 bits per heavy atom. The van der Waals surface area contributed by atoms with E-state index in [0.717, 1.165) is 47.3 Å². The van der Waals surface area contributed by atoms with Crippen LogP contribution in [0.1, 0.15) is 30.9 Å². The molecule has 1 aliphatic rings. The third-order valence-corrected chi connectivity index (χ3v) is 8.17. The molecule has 3 atom stereocenters. The molecular formula is C28H33F2N3O4S. The van der Waals surface area contributed by atoms with Crippen molar-refractivity contribution in [2.75, 3.05) is 39.6 Å². The molecule has 0 bridgehead atoms. The molecule has 0 spiro atoms. The van der Waals surface area contributed by atoms with Gasteiger partial charge in [-0.1, -0.05) is 0 Å². The summed E-state index contributed by atoms with van der Waals surface area (Å²) in [5, 5.41) is 11.0. The van der Waals surface area contributed by atoms with Crippen LogP contribution in [0.2, 0.25) is 0 Å². The number of carboxylic acids is 1. The van der Waals surface area contributed by atoms with Gasteiger partial charge in [-0.05, 0) is 79.8 Å². The highest BCUT2D eigenvalue weighted by atomic mass is 32.2. The van der Waals surface area contributed by atoms with Gasteiger partial charge in [-0.15, -0.1) is 11.8 Å². The highest BCUT2D eigenvalue weighted by Crippen LogP contribution is 2.34. The fraction of sp³-hybridized carbons (Fsp3) is 0.429. The number of rotatable bonds is 12. The average molecular weight is 546 g/mol. The second kappa shape index (κ2) is 13.3. The van der Waals surface area contributed by atoms with Crippen LogP contribution in [0.3, 0.4) is 0 Å². The first-order chi connectivity index (χ1) is 18.4. The van der Waals surface area contributed by atoms with E-state index in [2.05, 4.69) is 15.4 Å². The van der Waals surface area contributed by atoms with Gasteiger partial charge in [-0.3, -0.25) is 9.78 Å². The van der Waals surface area contributed by atoms with E-state index in [-0.39, 0.29) is 16.9 Å². The quantitative estimate of drug-likeness (QED) is 0.234. The van der Waals surface area contributed by atoms with Crippen molar-refractivity contribution in [3.8, 4) is 5.75 Å². The summed E-state index contributed by atoms with van der Waals surface area (Å²) in [6.45, 7) is 1.80. The molecule has 1 fully saturated rings. The van der Waals surface area contributed by atoms with Crippen LogP contribution in [0, 0.1) is 23.5 Å². The molecule has 1 saturated heterocycles. The number of nitrogens with zero attached hydrogens (tertiary/aromatic N) is 2. The van der Waals surface area contributed by atoms with Crippen LogP contribution in [0.25, 0.3) is 10.9 Å². The zero-order chi connectivity index (χ0) is 27.1. The minimum Gasteiger partial charge on any atom is -0.497 e. The van der Waals surface area contributed by atoms with Crippen molar-refractivity contribution >= 4 is 28.6 Å². The van der Waals surface area contributed by atoms with E-state index >= 15 is 0 Å². The first kappa shape index (κ1) is 28.2. The Kier molecular flexibility index (Phi) is 9.90. The number of fused-ring (bicyclic) bond motifs is 1. The predicted molar refractivity (Wildman–Crippen MR) is 143 cm³/mol. The van der Waals surface area contributed by atoms with E-state index in [9.17, 15) is 18.7 Å². The Balaban J connectivity index is 1.38. The predicted octanol–water partition coefficient (Wildman–Crippen LogP) is 5.31. The molecule has 2 heterocycles. The number of aliphatic carboxylic acids is 1. The van der Waals surface area contributed by atoms with Crippen LogP contribution in [0.15, 0.2) is 53.6 Å². The number of carboxylic acid groups (broad SMARTS) is 1. The molecule has 0 radical (unpaired) electrons. The van der Waals surface area contributed by atoms with Gasteiger partial charge in [0.25, 0.3) is 0 Å². The number of thioether (sulfide) groups is 1. The van der Waals surface area contributed by atoms with Crippen molar-refractivity contribution in [1.82, 2.24) is 15.4 Å². The topological polar surface area (TPSA) is 83.9 Å². The number of methoxy groups -OCH3 is 1. The minimum atomic E-state index is -0.807. The van der Waals surface area contributed by atoms with E-state index in [1.807, 2.05) is 24.3 Å². The molecule has 0 aliphatic carbocycles. The molecule has 10 heteroatoms. The Hall–Kier alpha value is -2.79. The molecule has 2 N–H and O–H groups in total. The number of aromatic nitrogens is 1. The number of pyridine rings is 1. The summed E-state index contributed by atoms with van der Waals surface area (Å²) in [4.78, 5) is 24.3. The van der Waals surface area contributed by atoms with E-state index in [1.165, 1.54) is 17.8 Å². The lowest BCUT2D eigenvalue weighted by molar-refractivity contribution is -0.146. The van der Waals surface area contributed by atoms with Gasteiger partial charge in [0, 0.05) is 35.3 Å². The van der Waals surface area contributed by atoms with Gasteiger partial charge in [0.05, 0.1) is 31.7 Å². The van der Waals surface area contributed by atoms with Crippen LogP contribution in [0.5, 0.6) is 5.75 Å². The first-order valence-corrected chi connectivity index (χ1v) is 13.6. The smallest absolute Gasteiger partial charge is 0.308 e. The summed E-state index contributed by atoms with van der Waals surface area (Å²) in [5.74, 6) is -0.925. The number of ether oxygens (including phenoxy) is 1. The van der Waals surface area contributed by atoms with Crippen molar-refractivity contribution in [1.29, 1.82) is 0 Å². The molecule has 204 valence electrons. The first-order valence-electron chi connectivity index (χ1n) is 12.6. The lowest BCUT2D eigenvalue weighted by Crippen LogP contribution is -2.44. The van der Waals surface area contributed by atoms with Crippen molar-refractivity contribution in [3.05, 3.63) is 65.9 Å². The molecule has 0 saturated carbocycles. The normalized spacial score (nSPS) is 18.9. The summed E-state index contributed by atoms with van der Waals surface area (Å²) >= 11 is 1.25. The fourth-order valence-corrected chi connectivity index (χ4v) is 6.12. The number of piperidine rings is 1. The van der Waals surface area contributed by atoms with E-state index in [1.54, 1.807) is 20.4 Å². The minimum absolute atomic E-state index is 0.0147. The SMILES string of the molecule is CON[C@H](CC[C@@H]1CCN(CCSc2cc(F)ccc2F)C[C@@H]1C(=O)O)c1ccnc2ccc(OC)cc12. The number of nitrogens with one attached hydrogen (secondary N) is 1. The van der Waals surface area contributed by atoms with Crippen LogP contribution < -0.4 is 10.2 Å². The monoisotopic (exact) mass is 545 g/mol. The van der Waals surface area contributed by atoms with Crippen molar-refractivity contribution < 1.29 is 28.3 Å². The van der Waals surface area contributed by atoms with Crippen molar-refractivity contribution in [3.63, 3.8) is 0 Å². The molecular weight excluding hydrogens is 512 g/mol. The highest BCUT2D eigenvalue weighted by molar-refractivity contribution is 7.99. The van der Waals surface area contributed by atoms with Gasteiger partial charge in [-0.2, -0.15) is 5.48 Å². The molecule has 1 aromatic heterocycles. The Bertz CT molecular complexity index is 1250. The highest BCUT2D eigenvalue weighted by Gasteiger charge is 2.34. The van der Waals surface area contributed by atoms with Crippen molar-refractivity contribution in [2.45, 2.75) is 30.2 Å². The van der Waals surface area contributed by atoms with Crippen LogP contribution in [-0.2, 0) is 9.63 Å². The third kappa shape index (κ3) is 6.99. The van der Waals surface area contributed by atoms with Gasteiger partial charge in [0.15, 0.2) is 0 Å². The molecule has 3 aromatic rings. The number of hydroxylamine groups is 1. The lowest BCUT2D eigenvalue weighted by Gasteiger charge is -2.37. The van der Waals surface area contributed by atoms with E-state index < -0.39 is 23.5 Å². The number of carbonyl (C=O) groups is 1. The number of hydrogen-bond acceptors (Lipinski definition) is 7. The number of benzene rings is 2. The zero-order valence-electron chi connectivity index (χ0n) is 21.5. The van der Waals surface area contributed by atoms with E-state index in [4.69, 9.17) is 9.57 Å². The molecule has 1 aliphatic heterocycles. The second-order valence-electron chi connectivity index (χ2n) is 9.45. The summed E-state index contributed by atoms with van der Waals surface area (Å²) in [6, 6.07) is 11.0. The van der Waals surface area contributed by atoms with Gasteiger partial charge in [-0.25, -0.2) is 8.78 Å². The van der Waals surface area contributed by atoms with Crippen LogP contribution >= 0.6 is 11.8 Å². The van der Waals surface area contributed by atoms with Gasteiger partial charge in [0.2, 0.25) is 0 Å². The van der Waals surface area contributed by atoms with Crippen molar-refractivity contribution in [2.24, 2.45) is 11.8 Å². The summed E-state index contributed by atoms with van der Waals surface area (Å²) in [6.07, 6.45) is 3.91. The summed E-state index contributed by atoms with van der Waals surface area (Å²) in [7, 11) is 3.20. The van der Waals surface area contributed by atoms with Crippen LogP contribution in [0.4, 0.5) is 8.78 Å². The third-order valence-electron chi connectivity index (χ3n) is 7.16.